The molecule has 2 atom stereocenters. The van der Waals surface area contributed by atoms with Crippen LogP contribution >= 0.6 is 11.6 Å². The van der Waals surface area contributed by atoms with E-state index in [1.54, 1.807) is 0 Å². The van der Waals surface area contributed by atoms with Gasteiger partial charge in [0.2, 0.25) is 0 Å². The van der Waals surface area contributed by atoms with Crippen molar-refractivity contribution >= 4 is 11.6 Å². The highest BCUT2D eigenvalue weighted by atomic mass is 35.5. The maximum atomic E-state index is 9.43. The maximum Gasteiger partial charge on any atom is 0.0639 e. The average molecular weight is 311 g/mol. The van der Waals surface area contributed by atoms with Crippen LogP contribution in [0.4, 0.5) is 0 Å². The van der Waals surface area contributed by atoms with Crippen molar-refractivity contribution in [1.82, 2.24) is 10.2 Å². The van der Waals surface area contributed by atoms with Gasteiger partial charge in [0.1, 0.15) is 0 Å². The lowest BCUT2D eigenvalue weighted by molar-refractivity contribution is 0.0994. The molecule has 3 nitrogen and oxygen atoms in total. The van der Waals surface area contributed by atoms with Crippen molar-refractivity contribution in [2.24, 2.45) is 5.92 Å². The van der Waals surface area contributed by atoms with Crippen LogP contribution in [0.3, 0.4) is 0 Å². The third kappa shape index (κ3) is 5.26. The molecule has 0 aromatic heterocycles. The monoisotopic (exact) mass is 310 g/mol. The minimum absolute atomic E-state index is 0.222. The Kier molecular flexibility index (Phi) is 6.49. The topological polar surface area (TPSA) is 35.5 Å². The van der Waals surface area contributed by atoms with Crippen molar-refractivity contribution in [3.8, 4) is 0 Å². The quantitative estimate of drug-likeness (QED) is 0.847. The van der Waals surface area contributed by atoms with Gasteiger partial charge in [0.25, 0.3) is 0 Å². The Morgan fingerprint density at radius 1 is 1.29 bits per heavy atom. The minimum Gasteiger partial charge on any atom is -0.392 e. The number of rotatable bonds is 6. The molecule has 2 rings (SSSR count). The van der Waals surface area contributed by atoms with Crippen LogP contribution in [0.1, 0.15) is 38.3 Å². The first kappa shape index (κ1) is 16.8. The van der Waals surface area contributed by atoms with Crippen LogP contribution in [0.25, 0.3) is 0 Å². The fourth-order valence-corrected chi connectivity index (χ4v) is 3.33. The molecule has 1 saturated heterocycles. The van der Waals surface area contributed by atoms with Gasteiger partial charge in [0.05, 0.1) is 6.10 Å². The summed E-state index contributed by atoms with van der Waals surface area (Å²) in [6.45, 7) is 8.06. The van der Waals surface area contributed by atoms with Crippen molar-refractivity contribution in [2.75, 3.05) is 26.2 Å². The van der Waals surface area contributed by atoms with E-state index in [4.69, 9.17) is 11.6 Å². The fraction of sp³-hybridized carbons (Fsp3) is 0.647. The van der Waals surface area contributed by atoms with Gasteiger partial charge in [-0.2, -0.15) is 0 Å². The summed E-state index contributed by atoms with van der Waals surface area (Å²) in [5.41, 5.74) is 1.17. The van der Waals surface area contributed by atoms with Gasteiger partial charge in [-0.25, -0.2) is 0 Å². The molecule has 21 heavy (non-hydrogen) atoms. The maximum absolute atomic E-state index is 9.43. The summed E-state index contributed by atoms with van der Waals surface area (Å²) in [6, 6.07) is 8.33. The molecule has 0 unspecified atom stereocenters. The molecule has 1 aliphatic rings. The van der Waals surface area contributed by atoms with Crippen LogP contribution in [-0.4, -0.2) is 42.3 Å². The van der Waals surface area contributed by atoms with Crippen molar-refractivity contribution < 1.29 is 5.11 Å². The zero-order chi connectivity index (χ0) is 15.2. The van der Waals surface area contributed by atoms with Gasteiger partial charge in [-0.3, -0.25) is 0 Å². The van der Waals surface area contributed by atoms with Gasteiger partial charge in [-0.05, 0) is 63.9 Å². The molecular formula is C17H27ClN2O. The molecule has 0 amide bonds. The Morgan fingerprint density at radius 3 is 2.57 bits per heavy atom. The van der Waals surface area contributed by atoms with Crippen LogP contribution in [0.5, 0.6) is 0 Å². The molecule has 1 aromatic carbocycles. The predicted molar refractivity (Wildman–Crippen MR) is 88.7 cm³/mol. The first-order chi connectivity index (χ1) is 10.1. The number of benzene rings is 1. The number of likely N-dealkylation sites (tertiary alicyclic amines) is 1. The van der Waals surface area contributed by atoms with Gasteiger partial charge >= 0.3 is 0 Å². The molecule has 4 heteroatoms. The third-order valence-corrected chi connectivity index (χ3v) is 4.66. The summed E-state index contributed by atoms with van der Waals surface area (Å²) in [6.07, 6.45) is 2.18. The average Bonchev–Trinajstić information content (AvgIpc) is 2.46. The molecule has 118 valence electrons. The standard InChI is InChI=1S/C17H27ClN2O/c1-13(21)12-20-9-7-15(8-10-20)11-19-14(2)16-5-3-4-6-17(16)18/h3-6,13-15,19,21H,7-12H2,1-2H3/t13-,14+/m0/s1. The van der Waals surface area contributed by atoms with Crippen molar-refractivity contribution in [1.29, 1.82) is 0 Å². The number of β-amino-alcohol motifs (C(OH)–C–C–N with tert-alkyl or cyclic N) is 1. The molecule has 0 aliphatic carbocycles. The molecule has 1 fully saturated rings. The van der Waals surface area contributed by atoms with E-state index in [-0.39, 0.29) is 12.1 Å². The summed E-state index contributed by atoms with van der Waals surface area (Å²) in [7, 11) is 0. The van der Waals surface area contributed by atoms with Gasteiger partial charge in [-0.1, -0.05) is 29.8 Å². The molecule has 0 spiro atoms. The summed E-state index contributed by atoms with van der Waals surface area (Å²) in [4.78, 5) is 2.36. The second-order valence-electron chi connectivity index (χ2n) is 6.24. The smallest absolute Gasteiger partial charge is 0.0639 e. The van der Waals surface area contributed by atoms with Gasteiger partial charge in [0, 0.05) is 17.6 Å². The molecule has 1 aromatic rings. The van der Waals surface area contributed by atoms with Crippen molar-refractivity contribution in [2.45, 2.75) is 38.8 Å². The third-order valence-electron chi connectivity index (χ3n) is 4.31. The Morgan fingerprint density at radius 2 is 1.95 bits per heavy atom. The van der Waals surface area contributed by atoms with Crippen LogP contribution in [0.15, 0.2) is 24.3 Å². The molecule has 2 N–H and O–H groups in total. The Balaban J connectivity index is 1.73. The number of hydrogen-bond acceptors (Lipinski definition) is 3. The second-order valence-corrected chi connectivity index (χ2v) is 6.65. The molecule has 0 bridgehead atoms. The highest BCUT2D eigenvalue weighted by molar-refractivity contribution is 6.31. The number of halogens is 1. The zero-order valence-electron chi connectivity index (χ0n) is 13.1. The number of aliphatic hydroxyl groups is 1. The zero-order valence-corrected chi connectivity index (χ0v) is 13.8. The SMILES string of the molecule is C[C@H](O)CN1CCC(CN[C@H](C)c2ccccc2Cl)CC1. The summed E-state index contributed by atoms with van der Waals surface area (Å²) in [5.74, 6) is 0.722. The number of nitrogens with zero attached hydrogens (tertiary/aromatic N) is 1. The number of nitrogens with one attached hydrogen (secondary N) is 1. The Bertz CT molecular complexity index is 431. The van der Waals surface area contributed by atoms with E-state index in [2.05, 4.69) is 23.2 Å². The van der Waals surface area contributed by atoms with Crippen LogP contribution in [0.2, 0.25) is 5.02 Å². The van der Waals surface area contributed by atoms with E-state index in [0.717, 1.165) is 37.1 Å². The largest absolute Gasteiger partial charge is 0.392 e. The lowest BCUT2D eigenvalue weighted by Crippen LogP contribution is -2.40. The van der Waals surface area contributed by atoms with E-state index in [1.165, 1.54) is 18.4 Å². The molecule has 1 heterocycles. The Hall–Kier alpha value is -0.610. The number of hydrogen-bond donors (Lipinski definition) is 2. The van der Waals surface area contributed by atoms with Gasteiger partial charge < -0.3 is 15.3 Å². The highest BCUT2D eigenvalue weighted by Crippen LogP contribution is 2.23. The van der Waals surface area contributed by atoms with Crippen LogP contribution in [-0.2, 0) is 0 Å². The van der Waals surface area contributed by atoms with E-state index in [0.29, 0.717) is 0 Å². The summed E-state index contributed by atoms with van der Waals surface area (Å²) < 4.78 is 0. The van der Waals surface area contributed by atoms with E-state index in [9.17, 15) is 5.11 Å². The minimum atomic E-state index is -0.222. The lowest BCUT2D eigenvalue weighted by atomic mass is 9.96. The molecular weight excluding hydrogens is 284 g/mol. The first-order valence-electron chi connectivity index (χ1n) is 7.94. The molecule has 0 saturated carbocycles. The van der Waals surface area contributed by atoms with Crippen LogP contribution in [0, 0.1) is 5.92 Å². The number of aliphatic hydroxyl groups excluding tert-OH is 1. The van der Waals surface area contributed by atoms with Crippen molar-refractivity contribution in [3.05, 3.63) is 34.9 Å². The van der Waals surface area contributed by atoms with Gasteiger partial charge in [-0.15, -0.1) is 0 Å². The second kappa shape index (κ2) is 8.14. The molecule has 1 aliphatic heterocycles. The fourth-order valence-electron chi connectivity index (χ4n) is 3.03. The van der Waals surface area contributed by atoms with E-state index in [1.807, 2.05) is 25.1 Å². The van der Waals surface area contributed by atoms with E-state index >= 15 is 0 Å². The number of piperidine rings is 1. The highest BCUT2D eigenvalue weighted by Gasteiger charge is 2.20. The first-order valence-corrected chi connectivity index (χ1v) is 8.32. The summed E-state index contributed by atoms with van der Waals surface area (Å²) >= 11 is 6.24. The molecule has 0 radical (unpaired) electrons. The van der Waals surface area contributed by atoms with Crippen LogP contribution < -0.4 is 5.32 Å². The lowest BCUT2D eigenvalue weighted by Gasteiger charge is -2.33. The normalized spacial score (nSPS) is 20.4. The predicted octanol–water partition coefficient (Wildman–Crippen LogP) is 3.08. The Labute approximate surface area is 133 Å². The van der Waals surface area contributed by atoms with Gasteiger partial charge in [0.15, 0.2) is 0 Å². The summed E-state index contributed by atoms with van der Waals surface area (Å²) in [5, 5.41) is 13.9. The van der Waals surface area contributed by atoms with E-state index < -0.39 is 0 Å². The van der Waals surface area contributed by atoms with Crippen molar-refractivity contribution in [3.63, 3.8) is 0 Å².